The Kier molecular flexibility index (Phi) is 4.28. The summed E-state index contributed by atoms with van der Waals surface area (Å²) in [5.41, 5.74) is 0.302. The maximum atomic E-state index is 13.0. The standard InChI is InChI=1S/C15H18F3N3O/c1-14(2,3)11-6-4-10(5-7-11)8-21-13(15(16,17)18)12(9-22)19-20-21/h4-7,22H,8-9H2,1-3H3. The van der Waals surface area contributed by atoms with Gasteiger partial charge in [0.25, 0.3) is 0 Å². The summed E-state index contributed by atoms with van der Waals surface area (Å²) < 4.78 is 39.9. The van der Waals surface area contributed by atoms with Gasteiger partial charge < -0.3 is 5.11 Å². The minimum atomic E-state index is -4.60. The molecule has 2 rings (SSSR count). The van der Waals surface area contributed by atoms with E-state index in [1.165, 1.54) is 0 Å². The number of alkyl halides is 3. The van der Waals surface area contributed by atoms with E-state index in [0.29, 0.717) is 5.56 Å². The predicted octanol–water partition coefficient (Wildman–Crippen LogP) is 3.14. The van der Waals surface area contributed by atoms with Crippen molar-refractivity contribution in [3.8, 4) is 0 Å². The smallest absolute Gasteiger partial charge is 0.390 e. The summed E-state index contributed by atoms with van der Waals surface area (Å²) in [6, 6.07) is 7.35. The highest BCUT2D eigenvalue weighted by Crippen LogP contribution is 2.31. The maximum Gasteiger partial charge on any atom is 0.435 e. The number of rotatable bonds is 3. The first kappa shape index (κ1) is 16.5. The third-order valence-corrected chi connectivity index (χ3v) is 3.38. The predicted molar refractivity (Wildman–Crippen MR) is 75.2 cm³/mol. The van der Waals surface area contributed by atoms with Crippen molar-refractivity contribution in [1.29, 1.82) is 0 Å². The highest BCUT2D eigenvalue weighted by molar-refractivity contribution is 5.28. The molecule has 0 aliphatic rings. The van der Waals surface area contributed by atoms with Crippen LogP contribution in [0.3, 0.4) is 0 Å². The summed E-state index contributed by atoms with van der Waals surface area (Å²) in [6.45, 7) is 5.35. The van der Waals surface area contributed by atoms with Gasteiger partial charge in [-0.3, -0.25) is 0 Å². The van der Waals surface area contributed by atoms with E-state index in [1.807, 2.05) is 12.1 Å². The second-order valence-corrected chi connectivity index (χ2v) is 6.15. The second-order valence-electron chi connectivity index (χ2n) is 6.15. The number of aromatic nitrogens is 3. The zero-order valence-corrected chi connectivity index (χ0v) is 12.6. The first-order valence-corrected chi connectivity index (χ1v) is 6.83. The van der Waals surface area contributed by atoms with Crippen molar-refractivity contribution in [1.82, 2.24) is 15.0 Å². The van der Waals surface area contributed by atoms with Gasteiger partial charge in [-0.25, -0.2) is 4.68 Å². The number of hydrogen-bond acceptors (Lipinski definition) is 3. The molecule has 0 spiro atoms. The van der Waals surface area contributed by atoms with Crippen LogP contribution in [0.1, 0.15) is 43.3 Å². The van der Waals surface area contributed by atoms with Gasteiger partial charge in [0.05, 0.1) is 13.2 Å². The summed E-state index contributed by atoms with van der Waals surface area (Å²) in [7, 11) is 0. The molecule has 1 heterocycles. The number of nitrogens with zero attached hydrogens (tertiary/aromatic N) is 3. The van der Waals surface area contributed by atoms with Crippen LogP contribution in [0.2, 0.25) is 0 Å². The molecule has 1 N–H and O–H groups in total. The van der Waals surface area contributed by atoms with E-state index in [4.69, 9.17) is 5.11 Å². The normalized spacial score (nSPS) is 12.7. The second kappa shape index (κ2) is 5.72. The quantitative estimate of drug-likeness (QED) is 0.947. The number of benzene rings is 1. The molecule has 0 atom stereocenters. The van der Waals surface area contributed by atoms with E-state index in [1.54, 1.807) is 12.1 Å². The summed E-state index contributed by atoms with van der Waals surface area (Å²) in [5.74, 6) is 0. The van der Waals surface area contributed by atoms with E-state index in [-0.39, 0.29) is 12.0 Å². The molecule has 1 aromatic carbocycles. The Balaban J connectivity index is 2.30. The average Bonchev–Trinajstić information content (AvgIpc) is 2.81. The number of halogens is 3. The van der Waals surface area contributed by atoms with Crippen LogP contribution in [-0.4, -0.2) is 20.1 Å². The zero-order chi connectivity index (χ0) is 16.5. The van der Waals surface area contributed by atoms with Gasteiger partial charge in [0, 0.05) is 0 Å². The van der Waals surface area contributed by atoms with Crippen LogP contribution >= 0.6 is 0 Å². The third kappa shape index (κ3) is 3.47. The molecule has 0 aliphatic heterocycles. The minimum absolute atomic E-state index is 0.0209. The molecule has 4 nitrogen and oxygen atoms in total. The lowest BCUT2D eigenvalue weighted by Crippen LogP contribution is -2.17. The summed E-state index contributed by atoms with van der Waals surface area (Å²) in [5, 5.41) is 15.9. The molecule has 0 bridgehead atoms. The summed E-state index contributed by atoms with van der Waals surface area (Å²) in [6.07, 6.45) is -4.60. The van der Waals surface area contributed by atoms with Crippen molar-refractivity contribution in [2.75, 3.05) is 0 Å². The SMILES string of the molecule is CC(C)(C)c1ccc(Cn2nnc(CO)c2C(F)(F)F)cc1. The lowest BCUT2D eigenvalue weighted by Gasteiger charge is -2.19. The Morgan fingerprint density at radius 2 is 1.68 bits per heavy atom. The van der Waals surface area contributed by atoms with Crippen LogP contribution in [0.5, 0.6) is 0 Å². The zero-order valence-electron chi connectivity index (χ0n) is 12.6. The molecule has 0 radical (unpaired) electrons. The topological polar surface area (TPSA) is 50.9 Å². The maximum absolute atomic E-state index is 13.0. The van der Waals surface area contributed by atoms with Gasteiger partial charge >= 0.3 is 6.18 Å². The molecule has 1 aromatic heterocycles. The Hall–Kier alpha value is -1.89. The van der Waals surface area contributed by atoms with Crippen molar-refractivity contribution in [3.63, 3.8) is 0 Å². The molecule has 0 amide bonds. The number of aliphatic hydroxyl groups excluding tert-OH is 1. The van der Waals surface area contributed by atoms with Gasteiger partial charge in [-0.05, 0) is 16.5 Å². The van der Waals surface area contributed by atoms with Crippen LogP contribution in [0.15, 0.2) is 24.3 Å². The summed E-state index contributed by atoms with van der Waals surface area (Å²) in [4.78, 5) is 0. The van der Waals surface area contributed by atoms with Gasteiger partial charge in [0.1, 0.15) is 5.69 Å². The van der Waals surface area contributed by atoms with Gasteiger partial charge in [-0.15, -0.1) is 5.10 Å². The van der Waals surface area contributed by atoms with E-state index in [0.717, 1.165) is 10.2 Å². The van der Waals surface area contributed by atoms with Crippen molar-refractivity contribution >= 4 is 0 Å². The van der Waals surface area contributed by atoms with E-state index < -0.39 is 24.2 Å². The lowest BCUT2D eigenvalue weighted by atomic mass is 9.87. The molecule has 0 fully saturated rings. The fourth-order valence-corrected chi connectivity index (χ4v) is 2.16. The largest absolute Gasteiger partial charge is 0.435 e. The Labute approximate surface area is 126 Å². The molecule has 7 heteroatoms. The van der Waals surface area contributed by atoms with E-state index in [2.05, 4.69) is 31.1 Å². The van der Waals surface area contributed by atoms with Gasteiger partial charge in [-0.2, -0.15) is 13.2 Å². The third-order valence-electron chi connectivity index (χ3n) is 3.38. The van der Waals surface area contributed by atoms with Crippen molar-refractivity contribution < 1.29 is 18.3 Å². The van der Waals surface area contributed by atoms with Gasteiger partial charge in [0.15, 0.2) is 5.69 Å². The molecular formula is C15H18F3N3O. The van der Waals surface area contributed by atoms with Crippen LogP contribution < -0.4 is 0 Å². The first-order chi connectivity index (χ1) is 10.1. The first-order valence-electron chi connectivity index (χ1n) is 6.83. The molecular weight excluding hydrogens is 295 g/mol. The van der Waals surface area contributed by atoms with E-state index in [9.17, 15) is 13.2 Å². The van der Waals surface area contributed by atoms with Crippen molar-refractivity contribution in [2.45, 2.75) is 45.5 Å². The molecule has 2 aromatic rings. The lowest BCUT2D eigenvalue weighted by molar-refractivity contribution is -0.145. The molecule has 0 saturated heterocycles. The Bertz CT molecular complexity index is 640. The monoisotopic (exact) mass is 313 g/mol. The molecule has 120 valence electrons. The van der Waals surface area contributed by atoms with E-state index >= 15 is 0 Å². The molecule has 0 unspecified atom stereocenters. The van der Waals surface area contributed by atoms with Crippen LogP contribution in [-0.2, 0) is 24.7 Å². The van der Waals surface area contributed by atoms with Crippen LogP contribution in [0.25, 0.3) is 0 Å². The van der Waals surface area contributed by atoms with Crippen LogP contribution in [0, 0.1) is 0 Å². The Morgan fingerprint density at radius 3 is 2.14 bits per heavy atom. The highest BCUT2D eigenvalue weighted by atomic mass is 19.4. The Morgan fingerprint density at radius 1 is 1.09 bits per heavy atom. The number of aliphatic hydroxyl groups is 1. The van der Waals surface area contributed by atoms with Crippen LogP contribution in [0.4, 0.5) is 13.2 Å². The fourth-order valence-electron chi connectivity index (χ4n) is 2.16. The van der Waals surface area contributed by atoms with Crippen molar-refractivity contribution in [2.24, 2.45) is 0 Å². The molecule has 0 aliphatic carbocycles. The van der Waals surface area contributed by atoms with Gasteiger partial charge in [-0.1, -0.05) is 50.3 Å². The summed E-state index contributed by atoms with van der Waals surface area (Å²) >= 11 is 0. The minimum Gasteiger partial charge on any atom is -0.390 e. The van der Waals surface area contributed by atoms with Crippen molar-refractivity contribution in [3.05, 3.63) is 46.8 Å². The number of hydrogen-bond donors (Lipinski definition) is 1. The average molecular weight is 313 g/mol. The fraction of sp³-hybridized carbons (Fsp3) is 0.467. The highest BCUT2D eigenvalue weighted by Gasteiger charge is 2.39. The molecule has 0 saturated carbocycles. The molecule has 22 heavy (non-hydrogen) atoms. The van der Waals surface area contributed by atoms with Gasteiger partial charge in [0.2, 0.25) is 0 Å².